The van der Waals surface area contributed by atoms with Gasteiger partial charge >= 0.3 is 0 Å². The molecular formula is C14H23NO2. The molecular weight excluding hydrogens is 214 g/mol. The summed E-state index contributed by atoms with van der Waals surface area (Å²) in [6.45, 7) is 5.04. The average Bonchev–Trinajstić information content (AvgIpc) is 2.38. The van der Waals surface area contributed by atoms with Crippen molar-refractivity contribution in [2.75, 3.05) is 20.8 Å². The van der Waals surface area contributed by atoms with Crippen molar-refractivity contribution < 1.29 is 9.47 Å². The van der Waals surface area contributed by atoms with Crippen LogP contribution in [-0.2, 0) is 4.74 Å². The van der Waals surface area contributed by atoms with Crippen molar-refractivity contribution >= 4 is 0 Å². The molecule has 0 spiro atoms. The molecule has 1 N–H and O–H groups in total. The van der Waals surface area contributed by atoms with Crippen molar-refractivity contribution in [1.29, 1.82) is 0 Å². The van der Waals surface area contributed by atoms with Crippen LogP contribution in [0.4, 0.5) is 0 Å². The lowest BCUT2D eigenvalue weighted by molar-refractivity contribution is 0.159. The third kappa shape index (κ3) is 4.02. The molecule has 0 fully saturated rings. The maximum atomic E-state index is 5.37. The summed E-state index contributed by atoms with van der Waals surface area (Å²) in [6.07, 6.45) is 1.05. The molecule has 0 aliphatic rings. The van der Waals surface area contributed by atoms with E-state index in [4.69, 9.17) is 9.47 Å². The lowest BCUT2D eigenvalue weighted by Crippen LogP contribution is -2.34. The van der Waals surface area contributed by atoms with Crippen LogP contribution in [-0.4, -0.2) is 26.9 Å². The molecule has 0 aromatic heterocycles. The first-order valence-electron chi connectivity index (χ1n) is 6.10. The van der Waals surface area contributed by atoms with E-state index in [0.29, 0.717) is 6.04 Å². The van der Waals surface area contributed by atoms with Gasteiger partial charge in [-0.15, -0.1) is 0 Å². The SMILES string of the molecule is CCC(COC)N[C@@H](C)c1ccccc1OC. The molecule has 1 rings (SSSR count). The standard InChI is InChI=1S/C14H23NO2/c1-5-12(10-16-3)15-11(2)13-8-6-7-9-14(13)17-4/h6-9,11-12,15H,5,10H2,1-4H3/t11-,12?/m0/s1. The highest BCUT2D eigenvalue weighted by Crippen LogP contribution is 2.24. The van der Waals surface area contributed by atoms with Crippen LogP contribution in [0.15, 0.2) is 24.3 Å². The maximum Gasteiger partial charge on any atom is 0.123 e. The van der Waals surface area contributed by atoms with Crippen molar-refractivity contribution in [3.05, 3.63) is 29.8 Å². The second-order valence-corrected chi connectivity index (χ2v) is 4.19. The Kier molecular flexibility index (Phi) is 6.01. The zero-order chi connectivity index (χ0) is 12.7. The van der Waals surface area contributed by atoms with Gasteiger partial charge in [-0.2, -0.15) is 0 Å². The first-order valence-corrected chi connectivity index (χ1v) is 6.10. The van der Waals surface area contributed by atoms with Crippen molar-refractivity contribution in [2.45, 2.75) is 32.4 Å². The zero-order valence-electron chi connectivity index (χ0n) is 11.2. The van der Waals surface area contributed by atoms with E-state index in [2.05, 4.69) is 25.2 Å². The van der Waals surface area contributed by atoms with E-state index in [1.54, 1.807) is 14.2 Å². The lowest BCUT2D eigenvalue weighted by Gasteiger charge is -2.23. The van der Waals surface area contributed by atoms with Crippen LogP contribution < -0.4 is 10.1 Å². The summed E-state index contributed by atoms with van der Waals surface area (Å²) in [7, 11) is 3.44. The monoisotopic (exact) mass is 237 g/mol. The van der Waals surface area contributed by atoms with Gasteiger partial charge in [0, 0.05) is 24.8 Å². The molecule has 0 saturated heterocycles. The van der Waals surface area contributed by atoms with E-state index in [1.165, 1.54) is 5.56 Å². The van der Waals surface area contributed by atoms with Crippen molar-refractivity contribution in [1.82, 2.24) is 5.32 Å². The van der Waals surface area contributed by atoms with E-state index < -0.39 is 0 Å². The molecule has 17 heavy (non-hydrogen) atoms. The minimum Gasteiger partial charge on any atom is -0.496 e. The second kappa shape index (κ2) is 7.30. The van der Waals surface area contributed by atoms with E-state index in [9.17, 15) is 0 Å². The third-order valence-corrected chi connectivity index (χ3v) is 2.95. The molecule has 0 radical (unpaired) electrons. The van der Waals surface area contributed by atoms with Gasteiger partial charge < -0.3 is 14.8 Å². The van der Waals surface area contributed by atoms with Crippen LogP contribution >= 0.6 is 0 Å². The third-order valence-electron chi connectivity index (χ3n) is 2.95. The molecule has 0 heterocycles. The number of methoxy groups -OCH3 is 2. The normalized spacial score (nSPS) is 14.4. The summed E-state index contributed by atoms with van der Waals surface area (Å²) in [5.74, 6) is 0.930. The van der Waals surface area contributed by atoms with Crippen LogP contribution in [0, 0.1) is 0 Å². The molecule has 1 aromatic carbocycles. The highest BCUT2D eigenvalue weighted by Gasteiger charge is 2.14. The second-order valence-electron chi connectivity index (χ2n) is 4.19. The predicted molar refractivity (Wildman–Crippen MR) is 70.5 cm³/mol. The van der Waals surface area contributed by atoms with Gasteiger partial charge in [0.1, 0.15) is 5.75 Å². The van der Waals surface area contributed by atoms with Gasteiger partial charge in [0.05, 0.1) is 13.7 Å². The fourth-order valence-electron chi connectivity index (χ4n) is 1.95. The number of para-hydroxylation sites is 1. The van der Waals surface area contributed by atoms with E-state index >= 15 is 0 Å². The summed E-state index contributed by atoms with van der Waals surface area (Å²) in [5, 5.41) is 3.55. The van der Waals surface area contributed by atoms with Crippen molar-refractivity contribution in [2.24, 2.45) is 0 Å². The van der Waals surface area contributed by atoms with Gasteiger partial charge in [-0.05, 0) is 19.4 Å². The lowest BCUT2D eigenvalue weighted by atomic mass is 10.1. The van der Waals surface area contributed by atoms with Gasteiger partial charge in [-0.3, -0.25) is 0 Å². The minimum absolute atomic E-state index is 0.256. The molecule has 0 saturated carbocycles. The largest absolute Gasteiger partial charge is 0.496 e. The van der Waals surface area contributed by atoms with Gasteiger partial charge in [-0.1, -0.05) is 25.1 Å². The van der Waals surface area contributed by atoms with Crippen LogP contribution in [0.25, 0.3) is 0 Å². The van der Waals surface area contributed by atoms with E-state index in [1.807, 2.05) is 18.2 Å². The topological polar surface area (TPSA) is 30.5 Å². The smallest absolute Gasteiger partial charge is 0.123 e. The summed E-state index contributed by atoms with van der Waals surface area (Å²) in [6, 6.07) is 8.74. The number of nitrogens with one attached hydrogen (secondary N) is 1. The Morgan fingerprint density at radius 1 is 1.24 bits per heavy atom. The predicted octanol–water partition coefficient (Wildman–Crippen LogP) is 2.77. The maximum absolute atomic E-state index is 5.37. The Balaban J connectivity index is 2.71. The Bertz CT molecular complexity index is 328. The molecule has 1 unspecified atom stereocenters. The summed E-state index contributed by atoms with van der Waals surface area (Å²) < 4.78 is 10.6. The molecule has 0 aliphatic heterocycles. The van der Waals surface area contributed by atoms with Gasteiger partial charge in [0.25, 0.3) is 0 Å². The first-order chi connectivity index (χ1) is 8.22. The summed E-state index contributed by atoms with van der Waals surface area (Å²) >= 11 is 0. The van der Waals surface area contributed by atoms with Crippen molar-refractivity contribution in [3.63, 3.8) is 0 Å². The quantitative estimate of drug-likeness (QED) is 0.791. The number of rotatable bonds is 7. The molecule has 96 valence electrons. The Morgan fingerprint density at radius 3 is 2.53 bits per heavy atom. The first kappa shape index (κ1) is 14.0. The average molecular weight is 237 g/mol. The molecule has 3 heteroatoms. The van der Waals surface area contributed by atoms with Gasteiger partial charge in [0.2, 0.25) is 0 Å². The number of hydrogen-bond acceptors (Lipinski definition) is 3. The Morgan fingerprint density at radius 2 is 1.94 bits per heavy atom. The van der Waals surface area contributed by atoms with Crippen LogP contribution in [0.2, 0.25) is 0 Å². The van der Waals surface area contributed by atoms with Crippen LogP contribution in [0.3, 0.4) is 0 Å². The highest BCUT2D eigenvalue weighted by atomic mass is 16.5. The Labute approximate surface area is 104 Å². The molecule has 2 atom stereocenters. The number of benzene rings is 1. The Hall–Kier alpha value is -1.06. The molecule has 0 bridgehead atoms. The van der Waals surface area contributed by atoms with Crippen molar-refractivity contribution in [3.8, 4) is 5.75 Å². The molecule has 3 nitrogen and oxygen atoms in total. The minimum atomic E-state index is 0.256. The highest BCUT2D eigenvalue weighted by molar-refractivity contribution is 5.35. The zero-order valence-corrected chi connectivity index (χ0v) is 11.2. The van der Waals surface area contributed by atoms with Gasteiger partial charge in [-0.25, -0.2) is 0 Å². The summed E-state index contributed by atoms with van der Waals surface area (Å²) in [4.78, 5) is 0. The van der Waals surface area contributed by atoms with E-state index in [-0.39, 0.29) is 6.04 Å². The van der Waals surface area contributed by atoms with Gasteiger partial charge in [0.15, 0.2) is 0 Å². The number of ether oxygens (including phenoxy) is 2. The molecule has 1 aromatic rings. The van der Waals surface area contributed by atoms with E-state index in [0.717, 1.165) is 18.8 Å². The fourth-order valence-corrected chi connectivity index (χ4v) is 1.95. The molecule has 0 amide bonds. The summed E-state index contributed by atoms with van der Waals surface area (Å²) in [5.41, 5.74) is 1.18. The fraction of sp³-hybridized carbons (Fsp3) is 0.571. The van der Waals surface area contributed by atoms with Crippen LogP contribution in [0.5, 0.6) is 5.75 Å². The number of hydrogen-bond donors (Lipinski definition) is 1. The molecule has 0 aliphatic carbocycles. The van der Waals surface area contributed by atoms with Crippen LogP contribution in [0.1, 0.15) is 31.9 Å².